The van der Waals surface area contributed by atoms with Crippen LogP contribution in [0.5, 0.6) is 0 Å². The first-order valence-corrected chi connectivity index (χ1v) is 9.85. The van der Waals surface area contributed by atoms with Gasteiger partial charge in [0.2, 0.25) is 5.91 Å². The summed E-state index contributed by atoms with van der Waals surface area (Å²) in [4.78, 5) is 32.5. The summed E-state index contributed by atoms with van der Waals surface area (Å²) in [6.07, 6.45) is 3.87. The van der Waals surface area contributed by atoms with Crippen LogP contribution in [-0.2, 0) is 4.79 Å². The zero-order valence-electron chi connectivity index (χ0n) is 14.4. The summed E-state index contributed by atoms with van der Waals surface area (Å²) in [6.45, 7) is 2.86. The maximum absolute atomic E-state index is 12.9. The number of benzene rings is 1. The molecule has 2 aliphatic heterocycles. The van der Waals surface area contributed by atoms with E-state index < -0.39 is 0 Å². The van der Waals surface area contributed by atoms with Gasteiger partial charge in [-0.25, -0.2) is 0 Å². The Morgan fingerprint density at radius 1 is 1.04 bits per heavy atom. The fraction of sp³-hybridized carbons (Fsp3) is 0.474. The molecule has 4 rings (SSSR count). The van der Waals surface area contributed by atoms with Gasteiger partial charge in [-0.3, -0.25) is 9.59 Å². The van der Waals surface area contributed by atoms with E-state index in [-0.39, 0.29) is 17.7 Å². The minimum absolute atomic E-state index is 0.0896. The van der Waals surface area contributed by atoms with Crippen LogP contribution in [0, 0.1) is 5.92 Å². The van der Waals surface area contributed by atoms with Crippen LogP contribution in [0.3, 0.4) is 0 Å². The summed E-state index contributed by atoms with van der Waals surface area (Å²) < 4.78 is 0. The maximum Gasteiger partial charge on any atom is 0.270 e. The Labute approximate surface area is 162 Å². The van der Waals surface area contributed by atoms with E-state index in [0.29, 0.717) is 28.8 Å². The molecule has 2 aromatic rings. The number of nitrogens with zero attached hydrogens (tertiary/aromatic N) is 2. The molecule has 2 amide bonds. The Morgan fingerprint density at radius 3 is 2.54 bits per heavy atom. The topological polar surface area (TPSA) is 56.4 Å². The van der Waals surface area contributed by atoms with Gasteiger partial charge in [0.1, 0.15) is 5.69 Å². The molecule has 3 heterocycles. The van der Waals surface area contributed by atoms with Crippen molar-refractivity contribution < 1.29 is 9.59 Å². The molecule has 1 N–H and O–H groups in total. The number of amides is 2. The number of carbonyl (C=O) groups is 2. The molecular formula is C19H21Cl2N3O2. The van der Waals surface area contributed by atoms with Gasteiger partial charge < -0.3 is 14.8 Å². The number of piperidine rings is 1. The van der Waals surface area contributed by atoms with Crippen LogP contribution in [0.25, 0.3) is 10.9 Å². The highest BCUT2D eigenvalue weighted by Crippen LogP contribution is 2.32. The molecule has 26 heavy (non-hydrogen) atoms. The van der Waals surface area contributed by atoms with Gasteiger partial charge in [-0.15, -0.1) is 0 Å². The number of carbonyl (C=O) groups excluding carboxylic acids is 2. The molecule has 1 aromatic heterocycles. The summed E-state index contributed by atoms with van der Waals surface area (Å²) in [7, 11) is 0. The van der Waals surface area contributed by atoms with Crippen LogP contribution in [0.15, 0.2) is 18.2 Å². The number of likely N-dealkylation sites (tertiary alicyclic amines) is 2. The van der Waals surface area contributed by atoms with Crippen molar-refractivity contribution in [3.63, 3.8) is 0 Å². The second kappa shape index (κ2) is 7.12. The summed E-state index contributed by atoms with van der Waals surface area (Å²) >= 11 is 12.3. The molecule has 0 saturated carbocycles. The third-order valence-corrected chi connectivity index (χ3v) is 6.22. The van der Waals surface area contributed by atoms with Crippen LogP contribution in [0.4, 0.5) is 0 Å². The van der Waals surface area contributed by atoms with Gasteiger partial charge in [-0.05, 0) is 43.9 Å². The van der Waals surface area contributed by atoms with Crippen molar-refractivity contribution in [1.29, 1.82) is 0 Å². The molecule has 1 unspecified atom stereocenters. The maximum atomic E-state index is 12.9. The first kappa shape index (κ1) is 17.7. The molecule has 0 aliphatic carbocycles. The first-order chi connectivity index (χ1) is 12.5. The molecule has 5 nitrogen and oxygen atoms in total. The number of halogens is 2. The highest BCUT2D eigenvalue weighted by molar-refractivity contribution is 6.45. The van der Waals surface area contributed by atoms with Crippen molar-refractivity contribution in [1.82, 2.24) is 14.8 Å². The largest absolute Gasteiger partial charge is 0.350 e. The van der Waals surface area contributed by atoms with Gasteiger partial charge >= 0.3 is 0 Å². The zero-order chi connectivity index (χ0) is 18.3. The van der Waals surface area contributed by atoms with Gasteiger partial charge in [0.15, 0.2) is 0 Å². The monoisotopic (exact) mass is 393 g/mol. The average Bonchev–Trinajstić information content (AvgIpc) is 3.34. The number of aromatic amines is 1. The molecular weight excluding hydrogens is 373 g/mol. The Morgan fingerprint density at radius 2 is 1.77 bits per heavy atom. The lowest BCUT2D eigenvalue weighted by molar-refractivity contribution is -0.135. The quantitative estimate of drug-likeness (QED) is 0.839. The molecule has 0 radical (unpaired) electrons. The van der Waals surface area contributed by atoms with Crippen molar-refractivity contribution in [2.45, 2.75) is 25.7 Å². The van der Waals surface area contributed by atoms with Crippen molar-refractivity contribution in [2.24, 2.45) is 5.92 Å². The summed E-state index contributed by atoms with van der Waals surface area (Å²) in [5.41, 5.74) is 1.27. The van der Waals surface area contributed by atoms with Crippen LogP contribution in [0.2, 0.25) is 10.0 Å². The van der Waals surface area contributed by atoms with E-state index in [1.165, 1.54) is 0 Å². The third-order valence-electron chi connectivity index (χ3n) is 5.40. The minimum Gasteiger partial charge on any atom is -0.350 e. The van der Waals surface area contributed by atoms with E-state index in [1.54, 1.807) is 17.0 Å². The lowest BCUT2D eigenvalue weighted by Crippen LogP contribution is -2.46. The van der Waals surface area contributed by atoms with E-state index in [1.807, 2.05) is 11.0 Å². The van der Waals surface area contributed by atoms with Gasteiger partial charge in [-0.1, -0.05) is 23.2 Å². The lowest BCUT2D eigenvalue weighted by atomic mass is 9.96. The van der Waals surface area contributed by atoms with Crippen molar-refractivity contribution in [3.05, 3.63) is 33.9 Å². The molecule has 2 fully saturated rings. The van der Waals surface area contributed by atoms with Gasteiger partial charge in [-0.2, -0.15) is 0 Å². The van der Waals surface area contributed by atoms with E-state index in [2.05, 4.69) is 4.98 Å². The Kier molecular flexibility index (Phi) is 4.84. The standard InChI is InChI=1S/C19H21Cl2N3O2/c20-14-5-6-15-13(17(14)21)10-16(22-15)19(26)24-9-3-4-12(11-24)18(25)23-7-1-2-8-23/h5-6,10,12,22H,1-4,7-9,11H2. The third kappa shape index (κ3) is 3.19. The second-order valence-electron chi connectivity index (χ2n) is 7.13. The number of rotatable bonds is 2. The van der Waals surface area contributed by atoms with E-state index in [9.17, 15) is 9.59 Å². The number of H-pyrrole nitrogens is 1. The number of nitrogens with one attached hydrogen (secondary N) is 1. The Bertz CT molecular complexity index is 858. The van der Waals surface area contributed by atoms with Gasteiger partial charge in [0.05, 0.1) is 16.0 Å². The fourth-order valence-corrected chi connectivity index (χ4v) is 4.37. The number of hydrogen-bond acceptors (Lipinski definition) is 2. The van der Waals surface area contributed by atoms with Crippen molar-refractivity contribution in [3.8, 4) is 0 Å². The van der Waals surface area contributed by atoms with Crippen LogP contribution >= 0.6 is 23.2 Å². The average molecular weight is 394 g/mol. The first-order valence-electron chi connectivity index (χ1n) is 9.09. The summed E-state index contributed by atoms with van der Waals surface area (Å²) in [5.74, 6) is 0.0204. The molecule has 1 aromatic carbocycles. The summed E-state index contributed by atoms with van der Waals surface area (Å²) in [5, 5.41) is 1.65. The van der Waals surface area contributed by atoms with Gasteiger partial charge in [0.25, 0.3) is 5.91 Å². The number of fused-ring (bicyclic) bond motifs is 1. The number of hydrogen-bond donors (Lipinski definition) is 1. The Balaban J connectivity index is 1.52. The van der Waals surface area contributed by atoms with E-state index in [4.69, 9.17) is 23.2 Å². The molecule has 2 aliphatic rings. The Hall–Kier alpha value is -1.72. The van der Waals surface area contributed by atoms with E-state index >= 15 is 0 Å². The van der Waals surface area contributed by atoms with E-state index in [0.717, 1.165) is 49.7 Å². The van der Waals surface area contributed by atoms with Crippen molar-refractivity contribution >= 4 is 45.9 Å². The molecule has 2 saturated heterocycles. The molecule has 138 valence electrons. The smallest absolute Gasteiger partial charge is 0.270 e. The van der Waals surface area contributed by atoms with Crippen LogP contribution in [0.1, 0.15) is 36.2 Å². The minimum atomic E-state index is -0.0905. The highest BCUT2D eigenvalue weighted by Gasteiger charge is 2.32. The second-order valence-corrected chi connectivity index (χ2v) is 7.91. The molecule has 1 atom stereocenters. The predicted octanol–water partition coefficient (Wildman–Crippen LogP) is 3.95. The number of aromatic nitrogens is 1. The highest BCUT2D eigenvalue weighted by atomic mass is 35.5. The lowest BCUT2D eigenvalue weighted by Gasteiger charge is -2.33. The molecule has 7 heteroatoms. The molecule has 0 bridgehead atoms. The van der Waals surface area contributed by atoms with Crippen LogP contribution < -0.4 is 0 Å². The predicted molar refractivity (Wildman–Crippen MR) is 103 cm³/mol. The van der Waals surface area contributed by atoms with Gasteiger partial charge in [0, 0.05) is 37.1 Å². The van der Waals surface area contributed by atoms with Crippen molar-refractivity contribution in [2.75, 3.05) is 26.2 Å². The fourth-order valence-electron chi connectivity index (χ4n) is 3.99. The SMILES string of the molecule is O=C(c1cc2c(Cl)c(Cl)ccc2[nH]1)N1CCCC(C(=O)N2CCCC2)C1. The molecule has 0 spiro atoms. The van der Waals surface area contributed by atoms with Crippen LogP contribution in [-0.4, -0.2) is 52.8 Å². The summed E-state index contributed by atoms with van der Waals surface area (Å²) in [6, 6.07) is 5.27. The zero-order valence-corrected chi connectivity index (χ0v) is 15.9. The normalized spacial score (nSPS) is 20.8.